The summed E-state index contributed by atoms with van der Waals surface area (Å²) in [5.41, 5.74) is 3.34. The van der Waals surface area contributed by atoms with Crippen molar-refractivity contribution in [2.45, 2.75) is 19.8 Å². The highest BCUT2D eigenvalue weighted by molar-refractivity contribution is 5.94. The van der Waals surface area contributed by atoms with Crippen LogP contribution in [-0.4, -0.2) is 48.5 Å². The lowest BCUT2D eigenvalue weighted by atomic mass is 10.0. The molecule has 3 rings (SSSR count). The summed E-state index contributed by atoms with van der Waals surface area (Å²) in [7, 11) is 0. The molecule has 1 saturated heterocycles. The molecule has 0 bridgehead atoms. The molecular weight excluding hydrogens is 380 g/mol. The summed E-state index contributed by atoms with van der Waals surface area (Å²) in [6, 6.07) is 12.9. The lowest BCUT2D eigenvalue weighted by Crippen LogP contribution is -2.48. The number of nitrogens with one attached hydrogen (secondary N) is 1. The summed E-state index contributed by atoms with van der Waals surface area (Å²) < 4.78 is 0. The molecular formula is C23H28N4O3. The fraction of sp³-hybridized carbons (Fsp3) is 0.348. The predicted octanol–water partition coefficient (Wildman–Crippen LogP) is 4.28. The molecule has 1 aliphatic rings. The van der Waals surface area contributed by atoms with E-state index in [9.17, 15) is 14.9 Å². The average Bonchev–Trinajstić information content (AvgIpc) is 2.77. The van der Waals surface area contributed by atoms with Crippen LogP contribution in [0.1, 0.15) is 35.7 Å². The zero-order chi connectivity index (χ0) is 21.7. The first kappa shape index (κ1) is 21.4. The average molecular weight is 409 g/mol. The number of anilines is 2. The second kappa shape index (κ2) is 9.43. The van der Waals surface area contributed by atoms with Gasteiger partial charge in [0.2, 0.25) is 0 Å². The zero-order valence-electron chi connectivity index (χ0n) is 17.5. The number of piperazine rings is 1. The standard InChI is InChI=1S/C23H28N4O3/c1-4-11-24-21-16-20(9-10-22(21)27(29)30)25-12-14-26(15-13-25)23(28)19-7-5-18(6-8-19)17(2)3/h4-10,16-17,24H,1,11-15H2,2-3H3. The van der Waals surface area contributed by atoms with Crippen molar-refractivity contribution in [2.75, 3.05) is 42.9 Å². The first-order valence-electron chi connectivity index (χ1n) is 10.2. The van der Waals surface area contributed by atoms with Gasteiger partial charge in [0, 0.05) is 50.0 Å². The van der Waals surface area contributed by atoms with Crippen molar-refractivity contribution in [3.05, 3.63) is 76.4 Å². The van der Waals surface area contributed by atoms with E-state index in [0.29, 0.717) is 49.9 Å². The molecule has 0 unspecified atom stereocenters. The molecule has 0 saturated carbocycles. The van der Waals surface area contributed by atoms with E-state index in [2.05, 4.69) is 30.6 Å². The molecule has 1 amide bonds. The van der Waals surface area contributed by atoms with Crippen LogP contribution in [0, 0.1) is 10.1 Å². The number of nitro benzene ring substituents is 1. The van der Waals surface area contributed by atoms with E-state index >= 15 is 0 Å². The minimum atomic E-state index is -0.392. The molecule has 0 spiro atoms. The van der Waals surface area contributed by atoms with Gasteiger partial charge in [0.1, 0.15) is 5.69 Å². The molecule has 2 aromatic carbocycles. The number of nitro groups is 1. The molecule has 0 atom stereocenters. The Labute approximate surface area is 177 Å². The van der Waals surface area contributed by atoms with Crippen LogP contribution in [0.2, 0.25) is 0 Å². The van der Waals surface area contributed by atoms with Crippen LogP contribution < -0.4 is 10.2 Å². The van der Waals surface area contributed by atoms with Gasteiger partial charge in [-0.3, -0.25) is 14.9 Å². The van der Waals surface area contributed by atoms with Gasteiger partial charge in [-0.25, -0.2) is 0 Å². The van der Waals surface area contributed by atoms with Crippen molar-refractivity contribution in [1.82, 2.24) is 4.90 Å². The van der Waals surface area contributed by atoms with Gasteiger partial charge in [-0.15, -0.1) is 6.58 Å². The summed E-state index contributed by atoms with van der Waals surface area (Å²) >= 11 is 0. The second-order valence-electron chi connectivity index (χ2n) is 7.68. The van der Waals surface area contributed by atoms with Gasteiger partial charge in [0.15, 0.2) is 0 Å². The topological polar surface area (TPSA) is 78.7 Å². The second-order valence-corrected chi connectivity index (χ2v) is 7.68. The quantitative estimate of drug-likeness (QED) is 0.420. The zero-order valence-corrected chi connectivity index (χ0v) is 17.5. The third kappa shape index (κ3) is 4.79. The van der Waals surface area contributed by atoms with E-state index in [1.54, 1.807) is 18.2 Å². The van der Waals surface area contributed by atoms with Crippen molar-refractivity contribution < 1.29 is 9.72 Å². The Bertz CT molecular complexity index is 917. The summed E-state index contributed by atoms with van der Waals surface area (Å²) in [5.74, 6) is 0.479. The fourth-order valence-electron chi connectivity index (χ4n) is 3.56. The van der Waals surface area contributed by atoms with Gasteiger partial charge in [-0.1, -0.05) is 32.1 Å². The van der Waals surface area contributed by atoms with E-state index in [1.165, 1.54) is 11.6 Å². The molecule has 1 aliphatic heterocycles. The molecule has 1 N–H and O–H groups in total. The number of benzene rings is 2. The highest BCUT2D eigenvalue weighted by Crippen LogP contribution is 2.30. The number of carbonyl (C=O) groups excluding carboxylic acids is 1. The number of carbonyl (C=O) groups is 1. The van der Waals surface area contributed by atoms with Gasteiger partial charge in [-0.05, 0) is 35.7 Å². The Balaban J connectivity index is 1.66. The van der Waals surface area contributed by atoms with Crippen LogP contribution in [0.5, 0.6) is 0 Å². The highest BCUT2D eigenvalue weighted by atomic mass is 16.6. The smallest absolute Gasteiger partial charge is 0.292 e. The van der Waals surface area contributed by atoms with Crippen molar-refractivity contribution in [3.63, 3.8) is 0 Å². The van der Waals surface area contributed by atoms with Crippen LogP contribution in [0.15, 0.2) is 55.1 Å². The summed E-state index contributed by atoms with van der Waals surface area (Å²) in [4.78, 5) is 27.7. The normalized spacial score (nSPS) is 14.0. The van der Waals surface area contributed by atoms with E-state index in [-0.39, 0.29) is 11.6 Å². The first-order chi connectivity index (χ1) is 14.4. The largest absolute Gasteiger partial charge is 0.376 e. The fourth-order valence-corrected chi connectivity index (χ4v) is 3.56. The van der Waals surface area contributed by atoms with Crippen molar-refractivity contribution >= 4 is 23.0 Å². The first-order valence-corrected chi connectivity index (χ1v) is 10.2. The van der Waals surface area contributed by atoms with Crippen LogP contribution in [-0.2, 0) is 0 Å². The maximum absolute atomic E-state index is 12.8. The van der Waals surface area contributed by atoms with Gasteiger partial charge >= 0.3 is 0 Å². The number of rotatable bonds is 7. The third-order valence-corrected chi connectivity index (χ3v) is 5.37. The molecule has 1 heterocycles. The van der Waals surface area contributed by atoms with Gasteiger partial charge in [0.05, 0.1) is 4.92 Å². The van der Waals surface area contributed by atoms with Crippen LogP contribution in [0.25, 0.3) is 0 Å². The Morgan fingerprint density at radius 1 is 1.17 bits per heavy atom. The number of amides is 1. The minimum Gasteiger partial charge on any atom is -0.376 e. The van der Waals surface area contributed by atoms with Gasteiger partial charge in [0.25, 0.3) is 11.6 Å². The van der Waals surface area contributed by atoms with Gasteiger partial charge in [-0.2, -0.15) is 0 Å². The van der Waals surface area contributed by atoms with Crippen molar-refractivity contribution in [3.8, 4) is 0 Å². The maximum atomic E-state index is 12.8. The summed E-state index contributed by atoms with van der Waals surface area (Å²) in [6.07, 6.45) is 1.66. The Hall–Kier alpha value is -3.35. The van der Waals surface area contributed by atoms with Crippen molar-refractivity contribution in [1.29, 1.82) is 0 Å². The highest BCUT2D eigenvalue weighted by Gasteiger charge is 2.24. The number of hydrogen-bond acceptors (Lipinski definition) is 5. The van der Waals surface area contributed by atoms with E-state index in [1.807, 2.05) is 29.2 Å². The third-order valence-electron chi connectivity index (χ3n) is 5.37. The maximum Gasteiger partial charge on any atom is 0.292 e. The van der Waals surface area contributed by atoms with Crippen LogP contribution in [0.3, 0.4) is 0 Å². The Kier molecular flexibility index (Phi) is 6.72. The molecule has 158 valence electrons. The molecule has 0 radical (unpaired) electrons. The number of hydrogen-bond donors (Lipinski definition) is 1. The monoisotopic (exact) mass is 408 g/mol. The molecule has 30 heavy (non-hydrogen) atoms. The molecule has 2 aromatic rings. The number of nitrogens with zero attached hydrogens (tertiary/aromatic N) is 3. The lowest BCUT2D eigenvalue weighted by molar-refractivity contribution is -0.383. The van der Waals surface area contributed by atoms with Gasteiger partial charge < -0.3 is 15.1 Å². The SMILES string of the molecule is C=CCNc1cc(N2CCN(C(=O)c3ccc(C(C)C)cc3)CC2)ccc1[N+](=O)[O-]. The minimum absolute atomic E-state index is 0.0410. The van der Waals surface area contributed by atoms with Crippen LogP contribution >= 0.6 is 0 Å². The molecule has 0 aliphatic carbocycles. The Morgan fingerprint density at radius 3 is 2.40 bits per heavy atom. The lowest BCUT2D eigenvalue weighted by Gasteiger charge is -2.36. The van der Waals surface area contributed by atoms with Crippen molar-refractivity contribution in [2.24, 2.45) is 0 Å². The molecule has 0 aromatic heterocycles. The van der Waals surface area contributed by atoms with E-state index < -0.39 is 4.92 Å². The molecule has 7 nitrogen and oxygen atoms in total. The Morgan fingerprint density at radius 2 is 1.83 bits per heavy atom. The van der Waals surface area contributed by atoms with Crippen LogP contribution in [0.4, 0.5) is 17.1 Å². The van der Waals surface area contributed by atoms with E-state index in [4.69, 9.17) is 0 Å². The molecule has 7 heteroatoms. The summed E-state index contributed by atoms with van der Waals surface area (Å²) in [5, 5.41) is 14.3. The molecule has 1 fully saturated rings. The van der Waals surface area contributed by atoms with E-state index in [0.717, 1.165) is 5.69 Å². The predicted molar refractivity (Wildman–Crippen MR) is 120 cm³/mol. The summed E-state index contributed by atoms with van der Waals surface area (Å²) in [6.45, 7) is 10.9.